The van der Waals surface area contributed by atoms with E-state index in [1.807, 2.05) is 35.8 Å². The van der Waals surface area contributed by atoms with Gasteiger partial charge in [-0.1, -0.05) is 24.3 Å². The number of halogens is 1. The highest BCUT2D eigenvalue weighted by atomic mass is 19.1. The lowest BCUT2D eigenvalue weighted by Crippen LogP contribution is -2.31. The van der Waals surface area contributed by atoms with Gasteiger partial charge in [0.15, 0.2) is 5.76 Å². The fourth-order valence-electron chi connectivity index (χ4n) is 3.11. The number of hydrogen-bond acceptors (Lipinski definition) is 3. The molecule has 1 amide bonds. The van der Waals surface area contributed by atoms with E-state index in [1.54, 1.807) is 24.5 Å². The number of carbonyl (C=O) groups is 1. The van der Waals surface area contributed by atoms with Crippen LogP contribution < -0.4 is 5.32 Å². The van der Waals surface area contributed by atoms with E-state index in [-0.39, 0.29) is 23.5 Å². The molecule has 0 saturated carbocycles. The maximum Gasteiger partial charge on any atom is 0.287 e. The number of aryl methyl sites for hydroxylation is 1. The molecule has 0 aliphatic heterocycles. The molecule has 1 unspecified atom stereocenters. The summed E-state index contributed by atoms with van der Waals surface area (Å²) >= 11 is 0. The molecule has 136 valence electrons. The van der Waals surface area contributed by atoms with E-state index in [1.165, 1.54) is 18.4 Å². The van der Waals surface area contributed by atoms with Crippen LogP contribution in [0.2, 0.25) is 0 Å². The van der Waals surface area contributed by atoms with E-state index < -0.39 is 0 Å². The van der Waals surface area contributed by atoms with Crippen molar-refractivity contribution in [3.63, 3.8) is 0 Å². The molecule has 6 heteroatoms. The normalized spacial score (nSPS) is 12.2. The first-order valence-electron chi connectivity index (χ1n) is 8.62. The standard InChI is InChI=1S/C21H18FN3O2/c1-14-10-11-27-20(14)21(26)24-18(15-6-8-16(22)9-7-15)12-25-13-23-17-4-2-3-5-19(17)25/h2-11,13,18H,12H2,1H3,(H,24,26). The fraction of sp³-hybridized carbons (Fsp3) is 0.143. The fourth-order valence-corrected chi connectivity index (χ4v) is 3.11. The van der Waals surface area contributed by atoms with Crippen molar-refractivity contribution < 1.29 is 13.6 Å². The molecule has 4 aromatic rings. The number of carbonyl (C=O) groups excluding carboxylic acids is 1. The van der Waals surface area contributed by atoms with E-state index in [0.29, 0.717) is 6.54 Å². The molecule has 0 aliphatic rings. The second kappa shape index (κ2) is 7.07. The number of hydrogen-bond donors (Lipinski definition) is 1. The molecule has 5 nitrogen and oxygen atoms in total. The zero-order valence-corrected chi connectivity index (χ0v) is 14.7. The first-order chi connectivity index (χ1) is 13.1. The second-order valence-electron chi connectivity index (χ2n) is 6.40. The van der Waals surface area contributed by atoms with Crippen molar-refractivity contribution in [1.29, 1.82) is 0 Å². The lowest BCUT2D eigenvalue weighted by molar-refractivity contribution is 0.0904. The summed E-state index contributed by atoms with van der Waals surface area (Å²) in [5.41, 5.74) is 3.40. The van der Waals surface area contributed by atoms with Crippen molar-refractivity contribution in [2.75, 3.05) is 0 Å². The number of rotatable bonds is 5. The monoisotopic (exact) mass is 363 g/mol. The first kappa shape index (κ1) is 17.0. The van der Waals surface area contributed by atoms with Gasteiger partial charge in [0.25, 0.3) is 5.91 Å². The summed E-state index contributed by atoms with van der Waals surface area (Å²) in [5.74, 6) is -0.354. The van der Waals surface area contributed by atoms with Crippen LogP contribution in [0.15, 0.2) is 71.6 Å². The van der Waals surface area contributed by atoms with Crippen LogP contribution in [-0.2, 0) is 6.54 Å². The van der Waals surface area contributed by atoms with Crippen molar-refractivity contribution in [3.8, 4) is 0 Å². The Morgan fingerprint density at radius 1 is 1.19 bits per heavy atom. The first-order valence-corrected chi connectivity index (χ1v) is 8.62. The molecule has 27 heavy (non-hydrogen) atoms. The molecule has 2 aromatic heterocycles. The Morgan fingerprint density at radius 3 is 2.70 bits per heavy atom. The number of para-hydroxylation sites is 2. The highest BCUT2D eigenvalue weighted by molar-refractivity contribution is 5.93. The zero-order chi connectivity index (χ0) is 18.8. The maximum atomic E-state index is 13.4. The van der Waals surface area contributed by atoms with Gasteiger partial charge in [-0.2, -0.15) is 0 Å². The van der Waals surface area contributed by atoms with Crippen LogP contribution >= 0.6 is 0 Å². The van der Waals surface area contributed by atoms with E-state index in [0.717, 1.165) is 22.2 Å². The third-order valence-corrected chi connectivity index (χ3v) is 4.55. The minimum Gasteiger partial charge on any atom is -0.459 e. The Morgan fingerprint density at radius 2 is 1.96 bits per heavy atom. The summed E-state index contributed by atoms with van der Waals surface area (Å²) in [6.45, 7) is 2.27. The van der Waals surface area contributed by atoms with Gasteiger partial charge in [0.2, 0.25) is 0 Å². The molecular weight excluding hydrogens is 345 g/mol. The summed E-state index contributed by atoms with van der Waals surface area (Å²) < 4.78 is 20.6. The molecule has 1 N–H and O–H groups in total. The third kappa shape index (κ3) is 3.46. The van der Waals surface area contributed by atoms with Crippen LogP contribution in [0.4, 0.5) is 4.39 Å². The summed E-state index contributed by atoms with van der Waals surface area (Å²) in [7, 11) is 0. The number of aromatic nitrogens is 2. The van der Waals surface area contributed by atoms with Crippen LogP contribution in [-0.4, -0.2) is 15.5 Å². The van der Waals surface area contributed by atoms with Gasteiger partial charge in [0, 0.05) is 12.1 Å². The number of nitrogens with zero attached hydrogens (tertiary/aromatic N) is 2. The number of amides is 1. The van der Waals surface area contributed by atoms with Gasteiger partial charge in [0.05, 0.1) is 29.7 Å². The van der Waals surface area contributed by atoms with Crippen molar-refractivity contribution in [2.24, 2.45) is 0 Å². The summed E-state index contributed by atoms with van der Waals surface area (Å²) in [5, 5.41) is 3.00. The van der Waals surface area contributed by atoms with E-state index in [9.17, 15) is 9.18 Å². The molecule has 2 aromatic carbocycles. The maximum absolute atomic E-state index is 13.4. The Hall–Kier alpha value is -3.41. The minimum atomic E-state index is -0.375. The molecule has 0 saturated heterocycles. The van der Waals surface area contributed by atoms with Gasteiger partial charge in [-0.25, -0.2) is 9.37 Å². The molecule has 0 radical (unpaired) electrons. The van der Waals surface area contributed by atoms with Crippen LogP contribution in [0, 0.1) is 12.7 Å². The van der Waals surface area contributed by atoms with Gasteiger partial charge in [-0.15, -0.1) is 0 Å². The quantitative estimate of drug-likeness (QED) is 0.577. The molecule has 2 heterocycles. The molecule has 0 aliphatic carbocycles. The topological polar surface area (TPSA) is 60.1 Å². The van der Waals surface area contributed by atoms with Gasteiger partial charge in [-0.05, 0) is 42.8 Å². The lowest BCUT2D eigenvalue weighted by Gasteiger charge is -2.20. The largest absolute Gasteiger partial charge is 0.459 e. The number of fused-ring (bicyclic) bond motifs is 1. The molecule has 0 spiro atoms. The SMILES string of the molecule is Cc1ccoc1C(=O)NC(Cn1cnc2ccccc21)c1ccc(F)cc1. The van der Waals surface area contributed by atoms with E-state index in [4.69, 9.17) is 4.42 Å². The average molecular weight is 363 g/mol. The van der Waals surface area contributed by atoms with Gasteiger partial charge in [0.1, 0.15) is 5.82 Å². The highest BCUT2D eigenvalue weighted by Crippen LogP contribution is 2.21. The predicted octanol–water partition coefficient (Wildman–Crippen LogP) is 4.25. The van der Waals surface area contributed by atoms with Crippen LogP contribution in [0.25, 0.3) is 11.0 Å². The highest BCUT2D eigenvalue weighted by Gasteiger charge is 2.20. The zero-order valence-electron chi connectivity index (χ0n) is 14.7. The van der Waals surface area contributed by atoms with Crippen molar-refractivity contribution >= 4 is 16.9 Å². The number of benzene rings is 2. The number of imidazole rings is 1. The third-order valence-electron chi connectivity index (χ3n) is 4.55. The van der Waals surface area contributed by atoms with E-state index in [2.05, 4.69) is 10.3 Å². The van der Waals surface area contributed by atoms with Gasteiger partial charge < -0.3 is 14.3 Å². The van der Waals surface area contributed by atoms with Crippen molar-refractivity contribution in [3.05, 3.63) is 89.9 Å². The van der Waals surface area contributed by atoms with Gasteiger partial charge >= 0.3 is 0 Å². The average Bonchev–Trinajstić information content (AvgIpc) is 3.28. The Kier molecular flexibility index (Phi) is 4.46. The minimum absolute atomic E-state index is 0.276. The number of furan rings is 1. The second-order valence-corrected chi connectivity index (χ2v) is 6.40. The molecule has 0 fully saturated rings. The van der Waals surface area contributed by atoms with Crippen molar-refractivity contribution in [1.82, 2.24) is 14.9 Å². The number of nitrogens with one attached hydrogen (secondary N) is 1. The smallest absolute Gasteiger partial charge is 0.287 e. The van der Waals surface area contributed by atoms with Crippen molar-refractivity contribution in [2.45, 2.75) is 19.5 Å². The van der Waals surface area contributed by atoms with Crippen LogP contribution in [0.5, 0.6) is 0 Å². The summed E-state index contributed by atoms with van der Waals surface area (Å²) in [6, 6.07) is 15.3. The van der Waals surface area contributed by atoms with Crippen LogP contribution in [0.1, 0.15) is 27.7 Å². The molecule has 0 bridgehead atoms. The van der Waals surface area contributed by atoms with Gasteiger partial charge in [-0.3, -0.25) is 4.79 Å². The predicted molar refractivity (Wildman–Crippen MR) is 99.8 cm³/mol. The molecule has 4 rings (SSSR count). The summed E-state index contributed by atoms with van der Waals surface area (Å²) in [6.07, 6.45) is 3.23. The molecular formula is C21H18FN3O2. The Balaban J connectivity index is 1.66. The van der Waals surface area contributed by atoms with E-state index >= 15 is 0 Å². The van der Waals surface area contributed by atoms with Crippen LogP contribution in [0.3, 0.4) is 0 Å². The Labute approximate surface area is 155 Å². The lowest BCUT2D eigenvalue weighted by atomic mass is 10.1. The molecule has 1 atom stereocenters. The Bertz CT molecular complexity index is 1080. The summed E-state index contributed by atoms with van der Waals surface area (Å²) in [4.78, 5) is 17.1.